The van der Waals surface area contributed by atoms with E-state index in [-0.39, 0.29) is 56.6 Å². The first-order valence-corrected chi connectivity index (χ1v) is 15.3. The summed E-state index contributed by atoms with van der Waals surface area (Å²) in [5.74, 6) is -2.34. The van der Waals surface area contributed by atoms with Gasteiger partial charge in [0.25, 0.3) is 0 Å². The minimum atomic E-state index is -0.406. The Morgan fingerprint density at radius 3 is 1.20 bits per heavy atom. The molecule has 0 unspecified atom stereocenters. The molecule has 0 radical (unpaired) electrons. The van der Waals surface area contributed by atoms with Gasteiger partial charge in [0.1, 0.15) is 19.3 Å². The number of carbonyl (C=O) groups excluding carboxylic acids is 6. The van der Waals surface area contributed by atoms with Gasteiger partial charge in [0.2, 0.25) is 35.4 Å². The SMILES string of the molecule is C=C(C)NCCN1CCNC(=O)CC(=O)NCCN2CCNC(=O)CC(=O)NCCN(CCNC(=O)CC(=O)NCC2)CC1. The molecular weight excluding hydrogens is 572 g/mol. The molecule has 16 nitrogen and oxygen atoms in total. The van der Waals surface area contributed by atoms with Gasteiger partial charge in [-0.25, -0.2) is 0 Å². The molecule has 248 valence electrons. The Bertz CT molecular complexity index is 952. The summed E-state index contributed by atoms with van der Waals surface area (Å²) in [4.78, 5) is 80.5. The van der Waals surface area contributed by atoms with Crippen molar-refractivity contribution in [2.24, 2.45) is 0 Å². The summed E-state index contributed by atoms with van der Waals surface area (Å²) in [7, 11) is 0. The van der Waals surface area contributed by atoms with Gasteiger partial charge in [-0.3, -0.25) is 43.5 Å². The van der Waals surface area contributed by atoms with Crippen LogP contribution in [0.5, 0.6) is 0 Å². The van der Waals surface area contributed by atoms with Crippen LogP contribution in [0.25, 0.3) is 0 Å². The molecule has 0 spiro atoms. The van der Waals surface area contributed by atoms with Crippen molar-refractivity contribution >= 4 is 35.4 Å². The smallest absolute Gasteiger partial charge is 0.229 e. The van der Waals surface area contributed by atoms with Crippen LogP contribution in [-0.4, -0.2) is 155 Å². The van der Waals surface area contributed by atoms with E-state index in [1.54, 1.807) is 0 Å². The van der Waals surface area contributed by atoms with Crippen LogP contribution in [0.3, 0.4) is 0 Å². The Kier molecular flexibility index (Phi) is 17.4. The van der Waals surface area contributed by atoms with E-state index in [4.69, 9.17) is 0 Å². The lowest BCUT2D eigenvalue weighted by Crippen LogP contribution is -2.46. The van der Waals surface area contributed by atoms with E-state index in [1.807, 2.05) is 11.8 Å². The summed E-state index contributed by atoms with van der Waals surface area (Å²) < 4.78 is 0. The molecular formula is C28H50N10O6. The summed E-state index contributed by atoms with van der Waals surface area (Å²) in [6.45, 7) is 12.7. The van der Waals surface area contributed by atoms with Crippen LogP contribution in [-0.2, 0) is 28.8 Å². The molecule has 44 heavy (non-hydrogen) atoms. The standard InChI is InChI=1S/C28H50N10O6/c1-22(2)29-3-10-37-14-7-33-26(42)19-23(39)30-4-11-36-12-5-31-24(40)20-27(43)34-8-15-38(18-17-37)16-9-35-28(44)21-25(41)32-6-13-36/h29H,1,3-21H2,2H3,(H,30,39)(H,31,40)(H,32,41)(H,33,42)(H,34,43)(H,35,44). The Morgan fingerprint density at radius 1 is 0.545 bits per heavy atom. The molecule has 16 heteroatoms. The highest BCUT2D eigenvalue weighted by molar-refractivity contribution is 5.97. The maximum absolute atomic E-state index is 12.4. The molecule has 3 saturated heterocycles. The number of nitrogens with zero attached hydrogens (tertiary/aromatic N) is 3. The van der Waals surface area contributed by atoms with Gasteiger partial charge in [0.15, 0.2) is 0 Å². The van der Waals surface area contributed by atoms with Crippen molar-refractivity contribution < 1.29 is 28.8 Å². The number of allylic oxidation sites excluding steroid dienone is 1. The predicted octanol–water partition coefficient (Wildman–Crippen LogP) is -4.09. The van der Waals surface area contributed by atoms with E-state index in [0.717, 1.165) is 5.70 Å². The van der Waals surface area contributed by atoms with Gasteiger partial charge in [-0.15, -0.1) is 0 Å². The molecule has 3 aliphatic rings. The quantitative estimate of drug-likeness (QED) is 0.152. The average molecular weight is 623 g/mol. The van der Waals surface area contributed by atoms with Gasteiger partial charge in [0, 0.05) is 110 Å². The van der Waals surface area contributed by atoms with Crippen LogP contribution in [0.15, 0.2) is 12.3 Å². The fraction of sp³-hybridized carbons (Fsp3) is 0.714. The van der Waals surface area contributed by atoms with E-state index in [1.165, 1.54) is 0 Å². The van der Waals surface area contributed by atoms with Gasteiger partial charge < -0.3 is 37.2 Å². The van der Waals surface area contributed by atoms with Crippen molar-refractivity contribution in [2.75, 3.05) is 105 Å². The third-order valence-corrected chi connectivity index (χ3v) is 7.05. The largest absolute Gasteiger partial charge is 0.388 e. The Morgan fingerprint density at radius 2 is 0.864 bits per heavy atom. The zero-order chi connectivity index (χ0) is 32.2. The minimum absolute atomic E-state index is 0.249. The molecule has 3 fully saturated rings. The molecule has 0 aromatic rings. The van der Waals surface area contributed by atoms with Crippen LogP contribution in [0, 0.1) is 0 Å². The molecule has 0 aliphatic carbocycles. The zero-order valence-corrected chi connectivity index (χ0v) is 25.9. The number of hydrogen-bond acceptors (Lipinski definition) is 10. The molecule has 0 saturated carbocycles. The lowest BCUT2D eigenvalue weighted by atomic mass is 10.3. The molecule has 7 N–H and O–H groups in total. The summed E-state index contributed by atoms with van der Waals surface area (Å²) in [6, 6.07) is 0. The Hall–Kier alpha value is -3.76. The van der Waals surface area contributed by atoms with Crippen molar-refractivity contribution in [1.82, 2.24) is 51.9 Å². The fourth-order valence-electron chi connectivity index (χ4n) is 4.65. The van der Waals surface area contributed by atoms with Crippen molar-refractivity contribution in [1.29, 1.82) is 0 Å². The maximum Gasteiger partial charge on any atom is 0.229 e. The monoisotopic (exact) mass is 622 g/mol. The Labute approximate surface area is 259 Å². The average Bonchev–Trinajstić information content (AvgIpc) is 2.93. The van der Waals surface area contributed by atoms with Crippen molar-refractivity contribution in [3.63, 3.8) is 0 Å². The lowest BCUT2D eigenvalue weighted by Gasteiger charge is -2.28. The van der Waals surface area contributed by atoms with E-state index in [0.29, 0.717) is 85.1 Å². The van der Waals surface area contributed by atoms with Gasteiger partial charge >= 0.3 is 0 Å². The number of carbonyl (C=O) groups is 6. The molecule has 2 bridgehead atoms. The fourth-order valence-corrected chi connectivity index (χ4v) is 4.65. The van der Waals surface area contributed by atoms with Gasteiger partial charge in [-0.05, 0) is 6.92 Å². The van der Waals surface area contributed by atoms with Crippen molar-refractivity contribution in [3.05, 3.63) is 12.3 Å². The zero-order valence-electron chi connectivity index (χ0n) is 25.9. The topological polar surface area (TPSA) is 196 Å². The van der Waals surface area contributed by atoms with E-state index in [9.17, 15) is 28.8 Å². The number of fused-ring (bicyclic) bond motifs is 27. The predicted molar refractivity (Wildman–Crippen MR) is 164 cm³/mol. The van der Waals surface area contributed by atoms with Crippen LogP contribution < -0.4 is 37.2 Å². The van der Waals surface area contributed by atoms with E-state index >= 15 is 0 Å². The third-order valence-electron chi connectivity index (χ3n) is 7.05. The van der Waals surface area contributed by atoms with E-state index in [2.05, 4.69) is 53.6 Å². The second-order valence-electron chi connectivity index (χ2n) is 10.9. The molecule has 6 amide bonds. The first kappa shape index (κ1) is 36.4. The first-order chi connectivity index (χ1) is 21.1. The van der Waals surface area contributed by atoms with Crippen LogP contribution in [0.1, 0.15) is 26.2 Å². The van der Waals surface area contributed by atoms with Crippen LogP contribution in [0.4, 0.5) is 0 Å². The van der Waals surface area contributed by atoms with Crippen molar-refractivity contribution in [2.45, 2.75) is 26.2 Å². The first-order valence-electron chi connectivity index (χ1n) is 15.3. The summed E-state index contributed by atoms with van der Waals surface area (Å²) >= 11 is 0. The number of hydrogen-bond donors (Lipinski definition) is 7. The van der Waals surface area contributed by atoms with Gasteiger partial charge in [0.05, 0.1) is 0 Å². The molecule has 3 aliphatic heterocycles. The van der Waals surface area contributed by atoms with Gasteiger partial charge in [-0.2, -0.15) is 0 Å². The molecule has 0 aromatic heterocycles. The molecule has 3 heterocycles. The lowest BCUT2D eigenvalue weighted by molar-refractivity contribution is -0.131. The van der Waals surface area contributed by atoms with Crippen LogP contribution in [0.2, 0.25) is 0 Å². The summed E-state index contributed by atoms with van der Waals surface area (Å²) in [6.07, 6.45) is -0.890. The highest BCUT2D eigenvalue weighted by atomic mass is 16.2. The molecule has 0 aromatic carbocycles. The second kappa shape index (κ2) is 21.0. The number of rotatable bonds is 4. The highest BCUT2D eigenvalue weighted by Gasteiger charge is 2.16. The number of nitrogens with one attached hydrogen (secondary N) is 7. The summed E-state index contributed by atoms with van der Waals surface area (Å²) in [5, 5.41) is 19.8. The normalized spacial score (nSPS) is 24.0. The maximum atomic E-state index is 12.4. The Balaban J connectivity index is 2.22. The number of amides is 6. The van der Waals surface area contributed by atoms with Gasteiger partial charge in [-0.1, -0.05) is 6.58 Å². The molecule has 3 rings (SSSR count). The minimum Gasteiger partial charge on any atom is -0.388 e. The highest BCUT2D eigenvalue weighted by Crippen LogP contribution is 1.96. The van der Waals surface area contributed by atoms with Crippen molar-refractivity contribution in [3.8, 4) is 0 Å². The second-order valence-corrected chi connectivity index (χ2v) is 10.9. The van der Waals surface area contributed by atoms with Crippen LogP contribution >= 0.6 is 0 Å². The third kappa shape index (κ3) is 17.4. The summed E-state index contributed by atoms with van der Waals surface area (Å²) in [5.41, 5.74) is 0.841. The molecule has 0 atom stereocenters. The van der Waals surface area contributed by atoms with E-state index < -0.39 is 17.7 Å².